The Bertz CT molecular complexity index is 1030. The second kappa shape index (κ2) is 6.98. The number of halogens is 3. The van der Waals surface area contributed by atoms with Crippen molar-refractivity contribution in [3.63, 3.8) is 0 Å². The van der Waals surface area contributed by atoms with Crippen LogP contribution in [0.4, 0.5) is 18.9 Å². The van der Waals surface area contributed by atoms with Gasteiger partial charge in [0.15, 0.2) is 0 Å². The molecule has 2 heterocycles. The van der Waals surface area contributed by atoms with E-state index in [0.717, 1.165) is 42.6 Å². The van der Waals surface area contributed by atoms with Gasteiger partial charge in [0.25, 0.3) is 0 Å². The third-order valence-corrected chi connectivity index (χ3v) is 7.88. The molecule has 5 rings (SSSR count). The van der Waals surface area contributed by atoms with Crippen LogP contribution in [-0.2, 0) is 23.1 Å². The van der Waals surface area contributed by atoms with Crippen LogP contribution in [0.3, 0.4) is 0 Å². The molecule has 1 aliphatic heterocycles. The number of hydrogen-bond acceptors (Lipinski definition) is 4. The molecule has 1 atom stereocenters. The van der Waals surface area contributed by atoms with Crippen molar-refractivity contribution in [1.82, 2.24) is 14.3 Å². The lowest BCUT2D eigenvalue weighted by Gasteiger charge is -2.34. The molecule has 1 N–H and O–H groups in total. The number of H-pyrrole nitrogens is 1. The Morgan fingerprint density at radius 1 is 1.17 bits per heavy atom. The molecule has 2 saturated carbocycles. The summed E-state index contributed by atoms with van der Waals surface area (Å²) in [5.74, 6) is 0.469. The zero-order chi connectivity index (χ0) is 21.1. The summed E-state index contributed by atoms with van der Waals surface area (Å²) in [5.41, 5.74) is -1.95. The van der Waals surface area contributed by atoms with Crippen LogP contribution in [0.5, 0.6) is 0 Å². The van der Waals surface area contributed by atoms with E-state index in [9.17, 15) is 21.6 Å². The van der Waals surface area contributed by atoms with E-state index in [0.29, 0.717) is 22.3 Å². The number of nitrogens with one attached hydrogen (secondary N) is 1. The van der Waals surface area contributed by atoms with Gasteiger partial charge in [-0.05, 0) is 54.7 Å². The van der Waals surface area contributed by atoms with E-state index in [2.05, 4.69) is 14.9 Å². The number of benzene rings is 1. The number of anilines is 1. The minimum atomic E-state index is -5.43. The smallest absolute Gasteiger partial charge is 0.361 e. The minimum Gasteiger partial charge on any atom is -0.361 e. The van der Waals surface area contributed by atoms with Crippen molar-refractivity contribution in [2.75, 3.05) is 11.4 Å². The monoisotopic (exact) mass is 440 g/mol. The molecule has 2 aliphatic carbocycles. The first-order valence-corrected chi connectivity index (χ1v) is 11.6. The Balaban J connectivity index is 1.63. The summed E-state index contributed by atoms with van der Waals surface area (Å²) in [4.78, 5) is 9.22. The van der Waals surface area contributed by atoms with Crippen molar-refractivity contribution >= 4 is 15.7 Å². The Hall–Kier alpha value is -2.07. The molecular formula is C20H23F3N4O2S. The molecule has 10 heteroatoms. The van der Waals surface area contributed by atoms with Gasteiger partial charge in [-0.2, -0.15) is 17.5 Å². The molecule has 2 aromatic rings. The van der Waals surface area contributed by atoms with Gasteiger partial charge in [0.05, 0.1) is 18.6 Å². The van der Waals surface area contributed by atoms with Crippen molar-refractivity contribution in [3.8, 4) is 0 Å². The zero-order valence-corrected chi connectivity index (χ0v) is 17.1. The molecule has 1 aromatic carbocycles. The molecule has 3 aliphatic rings. The van der Waals surface area contributed by atoms with Crippen LogP contribution in [-0.4, -0.2) is 40.8 Å². The van der Waals surface area contributed by atoms with Gasteiger partial charge < -0.3 is 9.88 Å². The number of nitrogens with zero attached hydrogens (tertiary/aromatic N) is 3. The van der Waals surface area contributed by atoms with Crippen LogP contribution in [0, 0.1) is 5.92 Å². The van der Waals surface area contributed by atoms with Crippen LogP contribution in [0.25, 0.3) is 0 Å². The van der Waals surface area contributed by atoms with E-state index >= 15 is 0 Å². The summed E-state index contributed by atoms with van der Waals surface area (Å²) in [5, 5.41) is 0. The van der Waals surface area contributed by atoms with E-state index in [1.807, 2.05) is 18.2 Å². The summed E-state index contributed by atoms with van der Waals surface area (Å²) in [7, 11) is -5.43. The van der Waals surface area contributed by atoms with Crippen molar-refractivity contribution in [2.45, 2.75) is 56.2 Å². The van der Waals surface area contributed by atoms with Crippen molar-refractivity contribution in [1.29, 1.82) is 0 Å². The number of aromatic amines is 1. The molecule has 6 nitrogen and oxygen atoms in total. The van der Waals surface area contributed by atoms with Gasteiger partial charge >= 0.3 is 15.5 Å². The maximum absolute atomic E-state index is 13.5. The fraction of sp³-hybridized carbons (Fsp3) is 0.550. The maximum atomic E-state index is 13.5. The van der Waals surface area contributed by atoms with Crippen LogP contribution in [0.1, 0.15) is 48.4 Å². The first kappa shape index (κ1) is 19.9. The standard InChI is InChI=1S/C20H23F3N4O2S/c21-20(22,23)30(28,29)26-10-17-16(13-4-5-13)2-1-3-18(17)27(9-15-8-24-12-25-15)19(11-26)14-6-7-14/h1-3,8,12-14,19H,4-7,9-11H2,(H,24,25)/t19-/m0/s1. The second-order valence-electron chi connectivity index (χ2n) is 8.47. The molecule has 2 fully saturated rings. The Morgan fingerprint density at radius 3 is 2.53 bits per heavy atom. The van der Waals surface area contributed by atoms with E-state index in [4.69, 9.17) is 0 Å². The van der Waals surface area contributed by atoms with Crippen LogP contribution >= 0.6 is 0 Å². The zero-order valence-electron chi connectivity index (χ0n) is 16.3. The quantitative estimate of drug-likeness (QED) is 0.769. The molecule has 1 aromatic heterocycles. The van der Waals surface area contributed by atoms with Gasteiger partial charge in [-0.1, -0.05) is 12.1 Å². The molecule has 0 saturated heterocycles. The number of hydrogen-bond donors (Lipinski definition) is 1. The highest BCUT2D eigenvalue weighted by molar-refractivity contribution is 7.89. The fourth-order valence-corrected chi connectivity index (χ4v) is 5.45. The average molecular weight is 440 g/mol. The lowest BCUT2D eigenvalue weighted by atomic mass is 10.00. The number of alkyl halides is 3. The Morgan fingerprint density at radius 2 is 1.93 bits per heavy atom. The Labute approximate surface area is 173 Å². The van der Waals surface area contributed by atoms with E-state index < -0.39 is 15.5 Å². The highest BCUT2D eigenvalue weighted by Crippen LogP contribution is 2.48. The molecule has 30 heavy (non-hydrogen) atoms. The van der Waals surface area contributed by atoms with Crippen LogP contribution in [0.15, 0.2) is 30.7 Å². The van der Waals surface area contributed by atoms with Gasteiger partial charge in [0.2, 0.25) is 0 Å². The maximum Gasteiger partial charge on any atom is 0.511 e. The first-order valence-electron chi connectivity index (χ1n) is 10.2. The first-order chi connectivity index (χ1) is 14.3. The highest BCUT2D eigenvalue weighted by atomic mass is 32.2. The number of rotatable bonds is 5. The van der Waals surface area contributed by atoms with E-state index in [-0.39, 0.29) is 25.0 Å². The summed E-state index contributed by atoms with van der Waals surface area (Å²) in [6.07, 6.45) is 7.01. The fourth-order valence-electron chi connectivity index (χ4n) is 4.51. The summed E-state index contributed by atoms with van der Waals surface area (Å²) >= 11 is 0. The number of imidazole rings is 1. The highest BCUT2D eigenvalue weighted by Gasteiger charge is 2.53. The predicted octanol–water partition coefficient (Wildman–Crippen LogP) is 3.74. The lowest BCUT2D eigenvalue weighted by molar-refractivity contribution is -0.0492. The molecule has 0 spiro atoms. The molecule has 0 radical (unpaired) electrons. The number of fused-ring (bicyclic) bond motifs is 1. The van der Waals surface area contributed by atoms with Crippen molar-refractivity contribution in [2.24, 2.45) is 5.92 Å². The van der Waals surface area contributed by atoms with Crippen LogP contribution in [0.2, 0.25) is 0 Å². The third kappa shape index (κ3) is 3.49. The molecule has 0 unspecified atom stereocenters. The minimum absolute atomic E-state index is 0.167. The number of sulfonamides is 1. The normalized spacial score (nSPS) is 23.3. The Kier molecular flexibility index (Phi) is 4.62. The van der Waals surface area contributed by atoms with Crippen LogP contribution < -0.4 is 4.90 Å². The SMILES string of the molecule is O=S(=O)(N1Cc2c(C3CC3)cccc2N(Cc2cnc[nH]2)[C@H](C2CC2)C1)C(F)(F)F. The average Bonchev–Trinajstić information content (AvgIpc) is 3.60. The topological polar surface area (TPSA) is 69.3 Å². The van der Waals surface area contributed by atoms with Gasteiger partial charge in [0.1, 0.15) is 0 Å². The molecule has 162 valence electrons. The summed E-state index contributed by atoms with van der Waals surface area (Å²) in [6, 6.07) is 5.46. The van der Waals surface area contributed by atoms with Crippen molar-refractivity contribution in [3.05, 3.63) is 47.5 Å². The lowest BCUT2D eigenvalue weighted by Crippen LogP contribution is -2.47. The number of aromatic nitrogens is 2. The third-order valence-electron chi connectivity index (χ3n) is 6.33. The summed E-state index contributed by atoms with van der Waals surface area (Å²) < 4.78 is 66.0. The molecule has 0 bridgehead atoms. The second-order valence-corrected chi connectivity index (χ2v) is 10.4. The van der Waals surface area contributed by atoms with Gasteiger partial charge in [-0.15, -0.1) is 0 Å². The van der Waals surface area contributed by atoms with Gasteiger partial charge in [0, 0.05) is 31.0 Å². The van der Waals surface area contributed by atoms with E-state index in [1.54, 1.807) is 12.5 Å². The molecular weight excluding hydrogens is 417 g/mol. The summed E-state index contributed by atoms with van der Waals surface area (Å²) in [6.45, 7) is 0.0359. The largest absolute Gasteiger partial charge is 0.511 e. The van der Waals surface area contributed by atoms with Gasteiger partial charge in [-0.3, -0.25) is 0 Å². The van der Waals surface area contributed by atoms with Gasteiger partial charge in [-0.25, -0.2) is 13.4 Å². The van der Waals surface area contributed by atoms with E-state index in [1.165, 1.54) is 0 Å². The molecule has 0 amide bonds. The van der Waals surface area contributed by atoms with Crippen molar-refractivity contribution < 1.29 is 21.6 Å². The predicted molar refractivity (Wildman–Crippen MR) is 105 cm³/mol.